The molecular formula is C21H24FN3O2. The largest absolute Gasteiger partial charge is 0.463 e. The lowest BCUT2D eigenvalue weighted by Gasteiger charge is -2.17. The van der Waals surface area contributed by atoms with Gasteiger partial charge in [0.1, 0.15) is 0 Å². The van der Waals surface area contributed by atoms with Crippen LogP contribution in [0, 0.1) is 5.82 Å². The number of nitrogens with one attached hydrogen (secondary N) is 1. The second-order valence-electron chi connectivity index (χ2n) is 6.54. The van der Waals surface area contributed by atoms with Gasteiger partial charge in [-0.2, -0.15) is 0 Å². The highest BCUT2D eigenvalue weighted by Crippen LogP contribution is 2.19. The van der Waals surface area contributed by atoms with Gasteiger partial charge in [0, 0.05) is 37.9 Å². The lowest BCUT2D eigenvalue weighted by Crippen LogP contribution is -2.26. The Hall–Kier alpha value is -2.73. The topological polar surface area (TPSA) is 54.5 Å². The average molecular weight is 369 g/mol. The predicted octanol–water partition coefficient (Wildman–Crippen LogP) is 3.48. The first kappa shape index (κ1) is 19.0. The van der Waals surface area contributed by atoms with Crippen LogP contribution in [0.5, 0.6) is 0 Å². The van der Waals surface area contributed by atoms with Crippen molar-refractivity contribution in [3.05, 3.63) is 65.6 Å². The zero-order valence-corrected chi connectivity index (χ0v) is 15.4. The summed E-state index contributed by atoms with van der Waals surface area (Å²) in [4.78, 5) is 17.8. The molecule has 0 radical (unpaired) electrons. The van der Waals surface area contributed by atoms with Crippen LogP contribution >= 0.6 is 0 Å². The van der Waals surface area contributed by atoms with Gasteiger partial charge in [-0.05, 0) is 36.6 Å². The molecule has 5 nitrogen and oxygen atoms in total. The molecule has 0 spiro atoms. The van der Waals surface area contributed by atoms with Gasteiger partial charge >= 0.3 is 5.97 Å². The van der Waals surface area contributed by atoms with Crippen molar-refractivity contribution in [2.45, 2.75) is 25.9 Å². The molecule has 1 saturated heterocycles. The third kappa shape index (κ3) is 5.62. The summed E-state index contributed by atoms with van der Waals surface area (Å²) in [5.74, 6) is -0.637. The zero-order chi connectivity index (χ0) is 19.1. The fourth-order valence-electron chi connectivity index (χ4n) is 3.13. The van der Waals surface area contributed by atoms with Crippen molar-refractivity contribution < 1.29 is 13.9 Å². The summed E-state index contributed by atoms with van der Waals surface area (Å²) in [7, 11) is 0. The average Bonchev–Trinajstić information content (AvgIpc) is 3.10. The van der Waals surface area contributed by atoms with Crippen molar-refractivity contribution in [3.63, 3.8) is 0 Å². The Morgan fingerprint density at radius 3 is 2.96 bits per heavy atom. The highest BCUT2D eigenvalue weighted by Gasteiger charge is 2.23. The summed E-state index contributed by atoms with van der Waals surface area (Å²) in [5, 5.41) is 3.19. The maximum absolute atomic E-state index is 14.3. The van der Waals surface area contributed by atoms with Crippen LogP contribution in [0.1, 0.15) is 24.5 Å². The van der Waals surface area contributed by atoms with Gasteiger partial charge in [0.15, 0.2) is 11.6 Å². The van der Waals surface area contributed by atoms with Crippen molar-refractivity contribution in [1.82, 2.24) is 9.88 Å². The number of ether oxygens (including phenoxy) is 1. The highest BCUT2D eigenvalue weighted by molar-refractivity contribution is 5.87. The molecule has 1 atom stereocenters. The van der Waals surface area contributed by atoms with E-state index < -0.39 is 11.8 Å². The van der Waals surface area contributed by atoms with E-state index in [0.717, 1.165) is 26.1 Å². The third-order valence-corrected chi connectivity index (χ3v) is 4.42. The normalized spacial score (nSPS) is 17.3. The number of aromatic nitrogens is 1. The maximum Gasteiger partial charge on any atom is 0.330 e. The summed E-state index contributed by atoms with van der Waals surface area (Å²) >= 11 is 0. The Balaban J connectivity index is 1.54. The molecule has 142 valence electrons. The number of benzene rings is 1. The van der Waals surface area contributed by atoms with Crippen molar-refractivity contribution >= 4 is 17.9 Å². The van der Waals surface area contributed by atoms with E-state index in [2.05, 4.69) is 27.3 Å². The summed E-state index contributed by atoms with van der Waals surface area (Å²) in [6.07, 6.45) is 5.25. The SMILES string of the molecule is CCOC(=O)C=Cc1cnc(N[C@@H]2CCN(Cc3ccccc3)C2)c(F)c1. The van der Waals surface area contributed by atoms with Crippen LogP contribution in [-0.4, -0.2) is 41.6 Å². The fourth-order valence-corrected chi connectivity index (χ4v) is 3.13. The first-order valence-electron chi connectivity index (χ1n) is 9.17. The van der Waals surface area contributed by atoms with E-state index in [1.807, 2.05) is 18.2 Å². The molecule has 1 aromatic heterocycles. The molecule has 1 aliphatic rings. The molecule has 3 rings (SSSR count). The quantitative estimate of drug-likeness (QED) is 0.598. The van der Waals surface area contributed by atoms with Gasteiger partial charge in [0.25, 0.3) is 0 Å². The van der Waals surface area contributed by atoms with Crippen LogP contribution in [0.25, 0.3) is 6.08 Å². The van der Waals surface area contributed by atoms with Gasteiger partial charge in [0.2, 0.25) is 0 Å². The number of likely N-dealkylation sites (tertiary alicyclic amines) is 1. The smallest absolute Gasteiger partial charge is 0.330 e. The predicted molar refractivity (Wildman–Crippen MR) is 104 cm³/mol. The molecule has 27 heavy (non-hydrogen) atoms. The van der Waals surface area contributed by atoms with Crippen molar-refractivity contribution in [3.8, 4) is 0 Å². The molecule has 0 aliphatic carbocycles. The first-order chi connectivity index (χ1) is 13.1. The van der Waals surface area contributed by atoms with Crippen LogP contribution in [0.4, 0.5) is 10.2 Å². The van der Waals surface area contributed by atoms with E-state index >= 15 is 0 Å². The first-order valence-corrected chi connectivity index (χ1v) is 9.17. The number of anilines is 1. The van der Waals surface area contributed by atoms with E-state index in [0.29, 0.717) is 12.2 Å². The van der Waals surface area contributed by atoms with Crippen LogP contribution in [-0.2, 0) is 16.1 Å². The second kappa shape index (κ2) is 9.28. The molecular weight excluding hydrogens is 345 g/mol. The number of esters is 1. The van der Waals surface area contributed by atoms with Gasteiger partial charge in [-0.1, -0.05) is 30.3 Å². The lowest BCUT2D eigenvalue weighted by atomic mass is 10.2. The van der Waals surface area contributed by atoms with Crippen molar-refractivity contribution in [2.75, 3.05) is 25.0 Å². The maximum atomic E-state index is 14.3. The number of carbonyl (C=O) groups excluding carboxylic acids is 1. The van der Waals surface area contributed by atoms with Crippen LogP contribution in [0.3, 0.4) is 0 Å². The van der Waals surface area contributed by atoms with E-state index in [1.54, 1.807) is 6.92 Å². The fraction of sp³-hybridized carbons (Fsp3) is 0.333. The number of hydrogen-bond acceptors (Lipinski definition) is 5. The van der Waals surface area contributed by atoms with Crippen molar-refractivity contribution in [1.29, 1.82) is 0 Å². The van der Waals surface area contributed by atoms with Crippen LogP contribution in [0.2, 0.25) is 0 Å². The number of halogens is 1. The number of nitrogens with zero attached hydrogens (tertiary/aromatic N) is 2. The van der Waals surface area contributed by atoms with E-state index in [4.69, 9.17) is 4.74 Å². The number of pyridine rings is 1. The second-order valence-corrected chi connectivity index (χ2v) is 6.54. The minimum absolute atomic E-state index is 0.164. The summed E-state index contributed by atoms with van der Waals surface area (Å²) in [6, 6.07) is 11.8. The number of rotatable bonds is 7. The van der Waals surface area contributed by atoms with Gasteiger partial charge in [-0.3, -0.25) is 4.90 Å². The van der Waals surface area contributed by atoms with Gasteiger partial charge < -0.3 is 10.1 Å². The molecule has 0 bridgehead atoms. The highest BCUT2D eigenvalue weighted by atomic mass is 19.1. The van der Waals surface area contributed by atoms with E-state index in [1.165, 1.54) is 30.0 Å². The Kier molecular flexibility index (Phi) is 6.54. The molecule has 2 aromatic rings. The Labute approximate surface area is 158 Å². The molecule has 0 amide bonds. The molecule has 0 saturated carbocycles. The minimum atomic E-state index is -0.454. The summed E-state index contributed by atoms with van der Waals surface area (Å²) in [6.45, 7) is 4.75. The molecule has 1 fully saturated rings. The van der Waals surface area contributed by atoms with Gasteiger partial charge in [0.05, 0.1) is 6.61 Å². The number of hydrogen-bond donors (Lipinski definition) is 1. The Morgan fingerprint density at radius 2 is 2.22 bits per heavy atom. The Morgan fingerprint density at radius 1 is 1.41 bits per heavy atom. The van der Waals surface area contributed by atoms with Gasteiger partial charge in [-0.25, -0.2) is 14.2 Å². The standard InChI is InChI=1S/C21H24FN3O2/c1-2-27-20(26)9-8-17-12-19(22)21(23-13-17)24-18-10-11-25(15-18)14-16-6-4-3-5-7-16/h3-9,12-13,18H,2,10-11,14-15H2,1H3,(H,23,24)/t18-/m1/s1. The van der Waals surface area contributed by atoms with Crippen LogP contribution in [0.15, 0.2) is 48.7 Å². The molecule has 2 heterocycles. The lowest BCUT2D eigenvalue weighted by molar-refractivity contribution is -0.137. The molecule has 1 aromatic carbocycles. The monoisotopic (exact) mass is 369 g/mol. The van der Waals surface area contributed by atoms with Crippen molar-refractivity contribution in [2.24, 2.45) is 0 Å². The summed E-state index contributed by atoms with van der Waals surface area (Å²) in [5.41, 5.74) is 1.79. The zero-order valence-electron chi connectivity index (χ0n) is 15.4. The van der Waals surface area contributed by atoms with Crippen LogP contribution < -0.4 is 5.32 Å². The van der Waals surface area contributed by atoms with E-state index in [-0.39, 0.29) is 11.9 Å². The molecule has 6 heteroatoms. The molecule has 0 unspecified atom stereocenters. The Bertz CT molecular complexity index is 795. The minimum Gasteiger partial charge on any atom is -0.463 e. The third-order valence-electron chi connectivity index (χ3n) is 4.42. The van der Waals surface area contributed by atoms with Gasteiger partial charge in [-0.15, -0.1) is 0 Å². The summed E-state index contributed by atoms with van der Waals surface area (Å²) < 4.78 is 19.1. The number of carbonyl (C=O) groups is 1. The van der Waals surface area contributed by atoms with E-state index in [9.17, 15) is 9.18 Å². The molecule has 1 aliphatic heterocycles. The molecule has 1 N–H and O–H groups in total.